The molecule has 1 saturated heterocycles. The molecule has 1 aromatic heterocycles. The number of nitrogens with one attached hydrogen (secondary N) is 1. The summed E-state index contributed by atoms with van der Waals surface area (Å²) in [7, 11) is 1.68. The van der Waals surface area contributed by atoms with Crippen LogP contribution in [0.2, 0.25) is 0 Å². The van der Waals surface area contributed by atoms with Gasteiger partial charge < -0.3 is 15.0 Å². The topological polar surface area (TPSA) is 84.4 Å². The average Bonchev–Trinajstić information content (AvgIpc) is 2.75. The molecule has 0 aliphatic carbocycles. The first-order chi connectivity index (χ1) is 14.8. The highest BCUT2D eigenvalue weighted by Gasteiger charge is 2.31. The fourth-order valence-corrected chi connectivity index (χ4v) is 3.84. The van der Waals surface area contributed by atoms with E-state index in [2.05, 4.69) is 15.3 Å². The van der Waals surface area contributed by atoms with Gasteiger partial charge in [-0.25, -0.2) is 23.5 Å². The summed E-state index contributed by atoms with van der Waals surface area (Å²) in [5.74, 6) is -1.40. The van der Waals surface area contributed by atoms with Gasteiger partial charge in [0.05, 0.1) is 18.7 Å². The zero-order chi connectivity index (χ0) is 22.5. The van der Waals surface area contributed by atoms with Gasteiger partial charge in [0, 0.05) is 31.6 Å². The maximum absolute atomic E-state index is 13.9. The van der Waals surface area contributed by atoms with Gasteiger partial charge in [0.15, 0.2) is 0 Å². The van der Waals surface area contributed by atoms with Crippen LogP contribution in [0.1, 0.15) is 53.1 Å². The van der Waals surface area contributed by atoms with Crippen LogP contribution in [-0.4, -0.2) is 53.5 Å². The number of piperidine rings is 1. The largest absolute Gasteiger partial charge is 0.462 e. The molecule has 0 radical (unpaired) electrons. The zero-order valence-corrected chi connectivity index (χ0v) is 17.9. The van der Waals surface area contributed by atoms with Gasteiger partial charge in [-0.05, 0) is 38.8 Å². The minimum absolute atomic E-state index is 0.0672. The van der Waals surface area contributed by atoms with Crippen LogP contribution in [0.25, 0.3) is 0 Å². The van der Waals surface area contributed by atoms with E-state index in [1.165, 1.54) is 6.07 Å². The van der Waals surface area contributed by atoms with Crippen molar-refractivity contribution in [1.82, 2.24) is 14.9 Å². The van der Waals surface area contributed by atoms with Crippen LogP contribution in [-0.2, 0) is 16.0 Å². The standard InChI is InChI=1S/C22H26F2N4O3/c1-4-31-22(30)19-20(26-13(2)27-21(19)25-3)14-8-10-28(11-9-14)18(29)12-15-16(23)6-5-7-17(15)24/h5-7,14H,4,8-12H2,1-3H3,(H,25,26,27). The first kappa shape index (κ1) is 22.6. The van der Waals surface area contributed by atoms with E-state index < -0.39 is 17.6 Å². The zero-order valence-electron chi connectivity index (χ0n) is 17.9. The lowest BCUT2D eigenvalue weighted by atomic mass is 9.90. The Balaban J connectivity index is 1.75. The maximum atomic E-state index is 13.9. The number of anilines is 1. The van der Waals surface area contributed by atoms with Crippen molar-refractivity contribution in [3.8, 4) is 0 Å². The molecule has 31 heavy (non-hydrogen) atoms. The molecule has 0 saturated carbocycles. The van der Waals surface area contributed by atoms with Gasteiger partial charge in [-0.2, -0.15) is 0 Å². The van der Waals surface area contributed by atoms with Gasteiger partial charge >= 0.3 is 5.97 Å². The summed E-state index contributed by atoms with van der Waals surface area (Å²) in [4.78, 5) is 35.6. The number of halogens is 2. The molecule has 1 fully saturated rings. The van der Waals surface area contributed by atoms with Crippen molar-refractivity contribution in [2.45, 2.75) is 39.0 Å². The van der Waals surface area contributed by atoms with E-state index in [9.17, 15) is 18.4 Å². The second kappa shape index (κ2) is 9.80. The number of esters is 1. The first-order valence-corrected chi connectivity index (χ1v) is 10.3. The number of amides is 1. The van der Waals surface area contributed by atoms with Crippen molar-refractivity contribution in [2.24, 2.45) is 0 Å². The van der Waals surface area contributed by atoms with E-state index in [0.717, 1.165) is 12.1 Å². The molecule has 7 nitrogen and oxygen atoms in total. The van der Waals surface area contributed by atoms with Gasteiger partial charge in [0.2, 0.25) is 5.91 Å². The number of ether oxygens (including phenoxy) is 1. The lowest BCUT2D eigenvalue weighted by Crippen LogP contribution is -2.39. The normalized spacial score (nSPS) is 14.4. The highest BCUT2D eigenvalue weighted by Crippen LogP contribution is 2.32. The number of nitrogens with zero attached hydrogens (tertiary/aromatic N) is 3. The molecule has 1 N–H and O–H groups in total. The van der Waals surface area contributed by atoms with E-state index in [0.29, 0.717) is 48.8 Å². The smallest absolute Gasteiger partial charge is 0.343 e. The van der Waals surface area contributed by atoms with Crippen LogP contribution in [0, 0.1) is 18.6 Å². The third-order valence-corrected chi connectivity index (χ3v) is 5.39. The van der Waals surface area contributed by atoms with Crippen LogP contribution in [0.4, 0.5) is 14.6 Å². The predicted octanol–water partition coefficient (Wildman–Crippen LogP) is 3.23. The minimum atomic E-state index is -0.724. The van der Waals surface area contributed by atoms with Crippen LogP contribution in [0.5, 0.6) is 0 Å². The summed E-state index contributed by atoms with van der Waals surface area (Å²) in [6.07, 6.45) is 0.808. The summed E-state index contributed by atoms with van der Waals surface area (Å²) in [5.41, 5.74) is 0.694. The number of aryl methyl sites for hydroxylation is 1. The van der Waals surface area contributed by atoms with Crippen molar-refractivity contribution in [3.63, 3.8) is 0 Å². The molecule has 2 aromatic rings. The minimum Gasteiger partial charge on any atom is -0.462 e. The van der Waals surface area contributed by atoms with Crippen LogP contribution >= 0.6 is 0 Å². The van der Waals surface area contributed by atoms with Gasteiger partial charge in [-0.3, -0.25) is 4.79 Å². The molecule has 1 amide bonds. The molecule has 9 heteroatoms. The first-order valence-electron chi connectivity index (χ1n) is 10.3. The number of hydrogen-bond donors (Lipinski definition) is 1. The predicted molar refractivity (Wildman–Crippen MR) is 111 cm³/mol. The number of aromatic nitrogens is 2. The van der Waals surface area contributed by atoms with E-state index in [1.807, 2.05) is 0 Å². The maximum Gasteiger partial charge on any atom is 0.343 e. The molecule has 0 spiro atoms. The van der Waals surface area contributed by atoms with E-state index in [4.69, 9.17) is 4.74 Å². The van der Waals surface area contributed by atoms with Crippen LogP contribution in [0.15, 0.2) is 18.2 Å². The molecule has 1 aliphatic heterocycles. The Labute approximate surface area is 179 Å². The SMILES string of the molecule is CCOC(=O)c1c(NC)nc(C)nc1C1CCN(C(=O)Cc2c(F)cccc2F)CC1. The van der Waals surface area contributed by atoms with Gasteiger partial charge in [0.1, 0.15) is 28.8 Å². The summed E-state index contributed by atoms with van der Waals surface area (Å²) < 4.78 is 33.0. The van der Waals surface area contributed by atoms with Gasteiger partial charge in [0.25, 0.3) is 0 Å². The number of rotatable bonds is 6. The van der Waals surface area contributed by atoms with E-state index in [1.54, 1.807) is 25.8 Å². The number of likely N-dealkylation sites (tertiary alicyclic amines) is 1. The molecule has 2 heterocycles. The fourth-order valence-electron chi connectivity index (χ4n) is 3.84. The molecule has 0 atom stereocenters. The monoisotopic (exact) mass is 432 g/mol. The Morgan fingerprint density at radius 1 is 1.19 bits per heavy atom. The van der Waals surface area contributed by atoms with Crippen molar-refractivity contribution >= 4 is 17.7 Å². The third kappa shape index (κ3) is 4.98. The summed E-state index contributed by atoms with van der Waals surface area (Å²) in [6.45, 7) is 4.52. The Morgan fingerprint density at radius 2 is 1.84 bits per heavy atom. The molecule has 0 unspecified atom stereocenters. The molecular formula is C22H26F2N4O3. The Kier molecular flexibility index (Phi) is 7.14. The highest BCUT2D eigenvalue weighted by molar-refractivity contribution is 5.96. The molecule has 3 rings (SSSR count). The molecule has 166 valence electrons. The molecule has 1 aromatic carbocycles. The quantitative estimate of drug-likeness (QED) is 0.706. The Morgan fingerprint density at radius 3 is 2.42 bits per heavy atom. The summed E-state index contributed by atoms with van der Waals surface area (Å²) >= 11 is 0. The molecule has 1 aliphatic rings. The molecule has 0 bridgehead atoms. The second-order valence-corrected chi connectivity index (χ2v) is 7.38. The Bertz CT molecular complexity index is 955. The number of carbonyl (C=O) groups is 2. The Hall–Kier alpha value is -3.10. The highest BCUT2D eigenvalue weighted by atomic mass is 19.1. The van der Waals surface area contributed by atoms with Crippen LogP contribution < -0.4 is 5.32 Å². The van der Waals surface area contributed by atoms with Crippen molar-refractivity contribution in [1.29, 1.82) is 0 Å². The van der Waals surface area contributed by atoms with Crippen molar-refractivity contribution in [2.75, 3.05) is 32.1 Å². The van der Waals surface area contributed by atoms with Gasteiger partial charge in [-0.1, -0.05) is 6.07 Å². The van der Waals surface area contributed by atoms with E-state index in [-0.39, 0.29) is 30.4 Å². The lowest BCUT2D eigenvalue weighted by molar-refractivity contribution is -0.131. The van der Waals surface area contributed by atoms with E-state index >= 15 is 0 Å². The fraction of sp³-hybridized carbons (Fsp3) is 0.455. The molecular weight excluding hydrogens is 406 g/mol. The van der Waals surface area contributed by atoms with Crippen LogP contribution in [0.3, 0.4) is 0 Å². The summed E-state index contributed by atoms with van der Waals surface area (Å²) in [6, 6.07) is 3.56. The number of carbonyl (C=O) groups excluding carboxylic acids is 2. The summed E-state index contributed by atoms with van der Waals surface area (Å²) in [5, 5.41) is 2.93. The third-order valence-electron chi connectivity index (χ3n) is 5.39. The lowest BCUT2D eigenvalue weighted by Gasteiger charge is -2.32. The van der Waals surface area contributed by atoms with Crippen molar-refractivity contribution < 1.29 is 23.1 Å². The van der Waals surface area contributed by atoms with Crippen molar-refractivity contribution in [3.05, 3.63) is 52.5 Å². The number of benzene rings is 1. The van der Waals surface area contributed by atoms with Gasteiger partial charge in [-0.15, -0.1) is 0 Å². The number of hydrogen-bond acceptors (Lipinski definition) is 6. The average molecular weight is 432 g/mol. The second-order valence-electron chi connectivity index (χ2n) is 7.38.